The number of hydrogen-bond donors (Lipinski definition) is 5. The third-order valence-corrected chi connectivity index (χ3v) is 7.66. The van der Waals surface area contributed by atoms with E-state index in [0.717, 1.165) is 65.1 Å². The molecule has 1 aliphatic heterocycles. The number of pyridine rings is 1. The molecule has 2 atom stereocenters. The summed E-state index contributed by atoms with van der Waals surface area (Å²) in [5.41, 5.74) is 7.49. The molecule has 0 radical (unpaired) electrons. The van der Waals surface area contributed by atoms with Crippen LogP contribution in [0.4, 0.5) is 5.69 Å². The van der Waals surface area contributed by atoms with Crippen molar-refractivity contribution in [3.63, 3.8) is 0 Å². The predicted molar refractivity (Wildman–Crippen MR) is 160 cm³/mol. The van der Waals surface area contributed by atoms with E-state index in [0.29, 0.717) is 24.2 Å². The van der Waals surface area contributed by atoms with Crippen LogP contribution in [0.5, 0.6) is 0 Å². The summed E-state index contributed by atoms with van der Waals surface area (Å²) in [4.78, 5) is 28.9. The quantitative estimate of drug-likeness (QED) is 0.229. The lowest BCUT2D eigenvalue weighted by Gasteiger charge is -2.31. The number of anilines is 1. The standard InChI is InChI=1S/C32H42N4O4/c1-5-27-17-26(10-13-40-27)36-30-16-25(24-8-6-23(7-9-24)18-33-11-12-37)15-28(22(30)4)31(38)34-19-29-20(2)14-21(3)35-32(29)39/h6-9,14-16,26-27,33,36-37H,5,10-13,17-19H2,1-4H3,(H,34,38)(H,35,39). The molecule has 214 valence electrons. The molecule has 1 amide bonds. The molecular weight excluding hydrogens is 504 g/mol. The fourth-order valence-electron chi connectivity index (χ4n) is 5.27. The van der Waals surface area contributed by atoms with Gasteiger partial charge in [0.25, 0.3) is 11.5 Å². The molecule has 0 spiro atoms. The van der Waals surface area contributed by atoms with Gasteiger partial charge in [-0.1, -0.05) is 31.2 Å². The van der Waals surface area contributed by atoms with Crippen molar-refractivity contribution in [2.45, 2.75) is 72.2 Å². The van der Waals surface area contributed by atoms with Gasteiger partial charge in [0.1, 0.15) is 0 Å². The van der Waals surface area contributed by atoms with Crippen LogP contribution in [-0.2, 0) is 17.8 Å². The number of ether oxygens (including phenoxy) is 1. The molecule has 4 rings (SSSR count). The lowest BCUT2D eigenvalue weighted by Crippen LogP contribution is -2.34. The number of carbonyl (C=O) groups excluding carboxylic acids is 1. The van der Waals surface area contributed by atoms with E-state index < -0.39 is 0 Å². The van der Waals surface area contributed by atoms with Gasteiger partial charge >= 0.3 is 0 Å². The molecule has 0 saturated carbocycles. The topological polar surface area (TPSA) is 115 Å². The van der Waals surface area contributed by atoms with Gasteiger partial charge in [-0.05, 0) is 86.1 Å². The summed E-state index contributed by atoms with van der Waals surface area (Å²) in [5.74, 6) is -0.218. The number of aromatic nitrogens is 1. The summed E-state index contributed by atoms with van der Waals surface area (Å²) in [7, 11) is 0. The SMILES string of the molecule is CCC1CC(Nc2cc(-c3ccc(CNCCO)cc3)cc(C(=O)NCc3c(C)cc(C)[nH]c3=O)c2C)CCO1. The van der Waals surface area contributed by atoms with Gasteiger partial charge in [0.15, 0.2) is 0 Å². The Morgan fingerprint density at radius 2 is 1.85 bits per heavy atom. The maximum atomic E-state index is 13.6. The Balaban J connectivity index is 1.63. The minimum absolute atomic E-state index is 0.103. The minimum Gasteiger partial charge on any atom is -0.395 e. The van der Waals surface area contributed by atoms with Crippen LogP contribution in [0.25, 0.3) is 11.1 Å². The summed E-state index contributed by atoms with van der Waals surface area (Å²) in [5, 5.41) is 18.9. The Kier molecular flexibility index (Phi) is 10.1. The molecule has 1 aromatic heterocycles. The predicted octanol–water partition coefficient (Wildman–Crippen LogP) is 4.35. The molecule has 0 aliphatic carbocycles. The summed E-state index contributed by atoms with van der Waals surface area (Å²) in [6.45, 7) is 10.0. The molecule has 2 unspecified atom stereocenters. The van der Waals surface area contributed by atoms with Crippen molar-refractivity contribution in [1.82, 2.24) is 15.6 Å². The Morgan fingerprint density at radius 1 is 1.07 bits per heavy atom. The van der Waals surface area contributed by atoms with Crippen LogP contribution in [-0.4, -0.2) is 47.9 Å². The van der Waals surface area contributed by atoms with E-state index in [2.05, 4.69) is 58.2 Å². The number of H-pyrrole nitrogens is 1. The first-order valence-electron chi connectivity index (χ1n) is 14.2. The number of aryl methyl sites for hydroxylation is 2. The highest BCUT2D eigenvalue weighted by Gasteiger charge is 2.23. The second kappa shape index (κ2) is 13.7. The van der Waals surface area contributed by atoms with Crippen LogP contribution >= 0.6 is 0 Å². The summed E-state index contributed by atoms with van der Waals surface area (Å²) in [6.07, 6.45) is 3.04. The highest BCUT2D eigenvalue weighted by atomic mass is 16.5. The molecular formula is C32H42N4O4. The molecule has 3 aromatic rings. The zero-order valence-electron chi connectivity index (χ0n) is 24.0. The number of amides is 1. The number of hydrogen-bond acceptors (Lipinski definition) is 6. The smallest absolute Gasteiger partial charge is 0.253 e. The Hall–Kier alpha value is -3.46. The zero-order valence-corrected chi connectivity index (χ0v) is 24.0. The molecule has 8 nitrogen and oxygen atoms in total. The third-order valence-electron chi connectivity index (χ3n) is 7.66. The molecule has 8 heteroatoms. The van der Waals surface area contributed by atoms with Crippen LogP contribution in [0.1, 0.15) is 64.5 Å². The minimum atomic E-state index is -0.218. The van der Waals surface area contributed by atoms with E-state index in [1.807, 2.05) is 32.9 Å². The number of carbonyl (C=O) groups is 1. The van der Waals surface area contributed by atoms with E-state index in [9.17, 15) is 9.59 Å². The molecule has 2 heterocycles. The first-order valence-corrected chi connectivity index (χ1v) is 14.2. The molecule has 1 saturated heterocycles. The van der Waals surface area contributed by atoms with Gasteiger partial charge < -0.3 is 30.8 Å². The molecule has 1 fully saturated rings. The van der Waals surface area contributed by atoms with Gasteiger partial charge in [-0.3, -0.25) is 9.59 Å². The number of aromatic amines is 1. The van der Waals surface area contributed by atoms with Crippen molar-refractivity contribution in [1.29, 1.82) is 0 Å². The number of rotatable bonds is 11. The first kappa shape index (κ1) is 29.5. The van der Waals surface area contributed by atoms with Crippen molar-refractivity contribution in [3.05, 3.63) is 86.3 Å². The second-order valence-electron chi connectivity index (χ2n) is 10.7. The number of aliphatic hydroxyl groups excluding tert-OH is 1. The molecule has 0 bridgehead atoms. The van der Waals surface area contributed by atoms with E-state index in [1.54, 1.807) is 0 Å². The summed E-state index contributed by atoms with van der Waals surface area (Å²) in [6, 6.07) is 14.5. The summed E-state index contributed by atoms with van der Waals surface area (Å²) < 4.78 is 5.88. The number of nitrogens with one attached hydrogen (secondary N) is 4. The van der Waals surface area contributed by atoms with E-state index in [1.165, 1.54) is 0 Å². The monoisotopic (exact) mass is 546 g/mol. The molecule has 40 heavy (non-hydrogen) atoms. The zero-order chi connectivity index (χ0) is 28.6. The van der Waals surface area contributed by atoms with Crippen molar-refractivity contribution in [2.75, 3.05) is 25.1 Å². The number of aliphatic hydroxyl groups is 1. The van der Waals surface area contributed by atoms with Gasteiger partial charge in [-0.15, -0.1) is 0 Å². The van der Waals surface area contributed by atoms with E-state index in [-0.39, 0.29) is 36.8 Å². The Morgan fingerprint density at radius 3 is 2.55 bits per heavy atom. The highest BCUT2D eigenvalue weighted by molar-refractivity contribution is 5.98. The highest BCUT2D eigenvalue weighted by Crippen LogP contribution is 2.31. The average Bonchev–Trinajstić information content (AvgIpc) is 2.94. The van der Waals surface area contributed by atoms with E-state index in [4.69, 9.17) is 9.84 Å². The van der Waals surface area contributed by atoms with Gasteiger partial charge in [0.05, 0.1) is 12.7 Å². The molecule has 1 aliphatic rings. The van der Waals surface area contributed by atoms with Crippen molar-refractivity contribution in [3.8, 4) is 11.1 Å². The van der Waals surface area contributed by atoms with Gasteiger partial charge in [0, 0.05) is 54.8 Å². The van der Waals surface area contributed by atoms with Crippen molar-refractivity contribution < 1.29 is 14.6 Å². The van der Waals surface area contributed by atoms with Crippen LogP contribution in [0, 0.1) is 20.8 Å². The van der Waals surface area contributed by atoms with Crippen LogP contribution in [0.2, 0.25) is 0 Å². The van der Waals surface area contributed by atoms with Crippen LogP contribution in [0.15, 0.2) is 47.3 Å². The maximum Gasteiger partial charge on any atom is 0.253 e. The molecule has 5 N–H and O–H groups in total. The second-order valence-corrected chi connectivity index (χ2v) is 10.7. The third kappa shape index (κ3) is 7.38. The largest absolute Gasteiger partial charge is 0.395 e. The van der Waals surface area contributed by atoms with Crippen molar-refractivity contribution >= 4 is 11.6 Å². The lowest BCUT2D eigenvalue weighted by molar-refractivity contribution is 0.00924. The normalized spacial score (nSPS) is 17.0. The fraction of sp³-hybridized carbons (Fsp3) is 0.438. The van der Waals surface area contributed by atoms with Gasteiger partial charge in [-0.25, -0.2) is 0 Å². The van der Waals surface area contributed by atoms with Crippen molar-refractivity contribution in [2.24, 2.45) is 0 Å². The Bertz CT molecular complexity index is 1370. The van der Waals surface area contributed by atoms with E-state index >= 15 is 0 Å². The summed E-state index contributed by atoms with van der Waals surface area (Å²) >= 11 is 0. The molecule has 2 aromatic carbocycles. The number of benzene rings is 2. The van der Waals surface area contributed by atoms with Crippen LogP contribution < -0.4 is 21.5 Å². The van der Waals surface area contributed by atoms with Crippen LogP contribution in [0.3, 0.4) is 0 Å². The average molecular weight is 547 g/mol. The lowest BCUT2D eigenvalue weighted by atomic mass is 9.95. The van der Waals surface area contributed by atoms with Gasteiger partial charge in [0.2, 0.25) is 0 Å². The Labute approximate surface area is 236 Å². The maximum absolute atomic E-state index is 13.6. The van der Waals surface area contributed by atoms with Gasteiger partial charge in [-0.2, -0.15) is 0 Å². The first-order chi connectivity index (χ1) is 19.3. The fourth-order valence-corrected chi connectivity index (χ4v) is 5.27.